The molecule has 1 atom stereocenters. The van der Waals surface area contributed by atoms with E-state index >= 15 is 0 Å². The van der Waals surface area contributed by atoms with Gasteiger partial charge in [0.15, 0.2) is 0 Å². The van der Waals surface area contributed by atoms with Gasteiger partial charge in [0.1, 0.15) is 18.2 Å². The van der Waals surface area contributed by atoms with Crippen LogP contribution < -0.4 is 10.4 Å². The second-order valence-electron chi connectivity index (χ2n) is 6.20. The molecular formula is C17H22NO6-. The Balaban J connectivity index is 2.60. The van der Waals surface area contributed by atoms with Crippen LogP contribution in [-0.4, -0.2) is 29.7 Å². The Kier molecular flexibility index (Phi) is 7.23. The lowest BCUT2D eigenvalue weighted by atomic mass is 10.1. The number of hydrogen-bond acceptors (Lipinski definition) is 6. The molecule has 1 rings (SSSR count). The van der Waals surface area contributed by atoms with E-state index in [0.29, 0.717) is 0 Å². The predicted octanol–water partition coefficient (Wildman–Crippen LogP) is 1.15. The van der Waals surface area contributed by atoms with Crippen LogP contribution in [-0.2, 0) is 25.7 Å². The zero-order valence-corrected chi connectivity index (χ0v) is 14.0. The molecule has 1 amide bonds. The molecule has 0 heterocycles. The zero-order chi connectivity index (χ0) is 18.2. The van der Waals surface area contributed by atoms with Gasteiger partial charge < -0.3 is 24.7 Å². The Hall–Kier alpha value is -2.57. The summed E-state index contributed by atoms with van der Waals surface area (Å²) < 4.78 is 10.2. The van der Waals surface area contributed by atoms with Gasteiger partial charge >= 0.3 is 12.1 Å². The van der Waals surface area contributed by atoms with E-state index in [1.807, 2.05) is 6.07 Å². The molecule has 7 nitrogen and oxygen atoms in total. The average Bonchev–Trinajstić information content (AvgIpc) is 2.48. The molecule has 0 spiro atoms. The van der Waals surface area contributed by atoms with E-state index in [0.717, 1.165) is 5.56 Å². The summed E-state index contributed by atoms with van der Waals surface area (Å²) in [6.45, 7) is 5.06. The van der Waals surface area contributed by atoms with E-state index in [4.69, 9.17) is 9.47 Å². The maximum absolute atomic E-state index is 12.1. The van der Waals surface area contributed by atoms with Crippen LogP contribution in [0.15, 0.2) is 30.3 Å². The van der Waals surface area contributed by atoms with Gasteiger partial charge in [-0.1, -0.05) is 30.3 Å². The van der Waals surface area contributed by atoms with Crippen LogP contribution >= 0.6 is 0 Å². The smallest absolute Gasteiger partial charge is 0.408 e. The lowest BCUT2D eigenvalue weighted by molar-refractivity contribution is -0.305. The highest BCUT2D eigenvalue weighted by Crippen LogP contribution is 2.11. The summed E-state index contributed by atoms with van der Waals surface area (Å²) >= 11 is 0. The molecule has 0 saturated heterocycles. The number of benzene rings is 1. The van der Waals surface area contributed by atoms with Crippen molar-refractivity contribution in [3.8, 4) is 0 Å². The maximum Gasteiger partial charge on any atom is 0.408 e. The molecule has 0 aromatic heterocycles. The highest BCUT2D eigenvalue weighted by Gasteiger charge is 2.27. The fourth-order valence-electron chi connectivity index (χ4n) is 1.79. The highest BCUT2D eigenvalue weighted by molar-refractivity contribution is 5.82. The number of ether oxygens (including phenoxy) is 2. The summed E-state index contributed by atoms with van der Waals surface area (Å²) in [6.07, 6.45) is -1.35. The molecule has 0 radical (unpaired) electrons. The van der Waals surface area contributed by atoms with Gasteiger partial charge in [-0.15, -0.1) is 0 Å². The van der Waals surface area contributed by atoms with Crippen LogP contribution in [0.25, 0.3) is 0 Å². The maximum atomic E-state index is 12.1. The SMILES string of the molecule is CC(C)(C)OC(=O)[C@H](CCC(=O)[O-])NC(=O)OCc1ccccc1. The molecule has 0 unspecified atom stereocenters. The number of amides is 1. The van der Waals surface area contributed by atoms with Crippen LogP contribution in [0, 0.1) is 0 Å². The van der Waals surface area contributed by atoms with Crippen molar-refractivity contribution in [1.82, 2.24) is 5.32 Å². The molecule has 0 aliphatic rings. The van der Waals surface area contributed by atoms with Crippen molar-refractivity contribution < 1.29 is 29.0 Å². The van der Waals surface area contributed by atoms with Crippen LogP contribution in [0.3, 0.4) is 0 Å². The Labute approximate surface area is 141 Å². The van der Waals surface area contributed by atoms with Gasteiger partial charge in [-0.05, 0) is 39.2 Å². The molecular weight excluding hydrogens is 314 g/mol. The number of nitrogens with one attached hydrogen (secondary N) is 1. The first-order chi connectivity index (χ1) is 11.2. The molecule has 0 bridgehead atoms. The Bertz CT molecular complexity index is 564. The number of hydrogen-bond donors (Lipinski definition) is 1. The van der Waals surface area contributed by atoms with E-state index in [1.165, 1.54) is 0 Å². The van der Waals surface area contributed by atoms with E-state index in [-0.39, 0.29) is 19.4 Å². The number of carboxylic acids is 1. The van der Waals surface area contributed by atoms with E-state index in [1.54, 1.807) is 45.0 Å². The van der Waals surface area contributed by atoms with E-state index < -0.39 is 29.7 Å². The highest BCUT2D eigenvalue weighted by atomic mass is 16.6. The number of carbonyl (C=O) groups excluding carboxylic acids is 3. The van der Waals surface area contributed by atoms with Gasteiger partial charge in [0.25, 0.3) is 0 Å². The third-order valence-corrected chi connectivity index (χ3v) is 2.83. The quantitative estimate of drug-likeness (QED) is 0.749. The van der Waals surface area contributed by atoms with Crippen molar-refractivity contribution in [1.29, 1.82) is 0 Å². The van der Waals surface area contributed by atoms with Crippen molar-refractivity contribution >= 4 is 18.0 Å². The topological polar surface area (TPSA) is 105 Å². The van der Waals surface area contributed by atoms with Crippen LogP contribution in [0.4, 0.5) is 4.79 Å². The van der Waals surface area contributed by atoms with Crippen molar-refractivity contribution in [2.24, 2.45) is 0 Å². The second-order valence-corrected chi connectivity index (χ2v) is 6.20. The molecule has 1 aromatic carbocycles. The number of carbonyl (C=O) groups is 3. The Morgan fingerprint density at radius 2 is 1.79 bits per heavy atom. The summed E-state index contributed by atoms with van der Waals surface area (Å²) in [5, 5.41) is 12.9. The zero-order valence-electron chi connectivity index (χ0n) is 14.0. The molecule has 7 heteroatoms. The van der Waals surface area contributed by atoms with Gasteiger partial charge in [-0.2, -0.15) is 0 Å². The fourth-order valence-corrected chi connectivity index (χ4v) is 1.79. The minimum absolute atomic E-state index is 0.0359. The predicted molar refractivity (Wildman–Crippen MR) is 83.6 cm³/mol. The summed E-state index contributed by atoms with van der Waals surface area (Å²) in [7, 11) is 0. The summed E-state index contributed by atoms with van der Waals surface area (Å²) in [5.41, 5.74) is 0.0306. The average molecular weight is 336 g/mol. The lowest BCUT2D eigenvalue weighted by Crippen LogP contribution is -2.45. The number of alkyl carbamates (subject to hydrolysis) is 1. The minimum Gasteiger partial charge on any atom is -0.550 e. The molecule has 1 N–H and O–H groups in total. The lowest BCUT2D eigenvalue weighted by Gasteiger charge is -2.24. The summed E-state index contributed by atoms with van der Waals surface area (Å²) in [6, 6.07) is 7.90. The normalized spacial score (nSPS) is 12.1. The van der Waals surface area contributed by atoms with Gasteiger partial charge in [-0.25, -0.2) is 9.59 Å². The second kappa shape index (κ2) is 8.90. The van der Waals surface area contributed by atoms with Gasteiger partial charge in [0.2, 0.25) is 0 Å². The first kappa shape index (κ1) is 19.5. The monoisotopic (exact) mass is 336 g/mol. The summed E-state index contributed by atoms with van der Waals surface area (Å²) in [5.74, 6) is -2.04. The largest absolute Gasteiger partial charge is 0.550 e. The Morgan fingerprint density at radius 3 is 2.33 bits per heavy atom. The van der Waals surface area contributed by atoms with E-state index in [9.17, 15) is 19.5 Å². The van der Waals surface area contributed by atoms with Crippen molar-refractivity contribution in [3.63, 3.8) is 0 Å². The number of rotatable bonds is 7. The van der Waals surface area contributed by atoms with Crippen molar-refractivity contribution in [2.45, 2.75) is 51.9 Å². The van der Waals surface area contributed by atoms with Crippen LogP contribution in [0.2, 0.25) is 0 Å². The van der Waals surface area contributed by atoms with Crippen molar-refractivity contribution in [2.75, 3.05) is 0 Å². The van der Waals surface area contributed by atoms with E-state index in [2.05, 4.69) is 5.32 Å². The standard InChI is InChI=1S/C17H23NO6/c1-17(2,3)24-15(21)13(9-10-14(19)20)18-16(22)23-11-12-7-5-4-6-8-12/h4-8,13H,9-11H2,1-3H3,(H,18,22)(H,19,20)/p-1/t13-/m0/s1. The molecule has 24 heavy (non-hydrogen) atoms. The molecule has 0 saturated carbocycles. The van der Waals surface area contributed by atoms with Gasteiger partial charge in [0, 0.05) is 5.97 Å². The molecule has 132 valence electrons. The Morgan fingerprint density at radius 1 is 1.17 bits per heavy atom. The third-order valence-electron chi connectivity index (χ3n) is 2.83. The summed E-state index contributed by atoms with van der Waals surface area (Å²) in [4.78, 5) is 34.5. The van der Waals surface area contributed by atoms with Crippen molar-refractivity contribution in [3.05, 3.63) is 35.9 Å². The third kappa shape index (κ3) is 8.17. The molecule has 0 aliphatic carbocycles. The first-order valence-corrected chi connectivity index (χ1v) is 7.57. The van der Waals surface area contributed by atoms with Gasteiger partial charge in [0.05, 0.1) is 0 Å². The number of carboxylic acid groups (broad SMARTS) is 1. The molecule has 0 fully saturated rings. The van der Waals surface area contributed by atoms with Crippen LogP contribution in [0.1, 0.15) is 39.2 Å². The van der Waals surface area contributed by atoms with Crippen LogP contribution in [0.5, 0.6) is 0 Å². The first-order valence-electron chi connectivity index (χ1n) is 7.57. The molecule has 0 aliphatic heterocycles. The number of aliphatic carboxylic acids is 1. The fraction of sp³-hybridized carbons (Fsp3) is 0.471. The molecule has 1 aromatic rings. The van der Waals surface area contributed by atoms with Gasteiger partial charge in [-0.3, -0.25) is 0 Å². The minimum atomic E-state index is -1.32. The number of esters is 1.